The fourth-order valence-corrected chi connectivity index (χ4v) is 1.97. The lowest BCUT2D eigenvalue weighted by Crippen LogP contribution is -2.24. The predicted octanol–water partition coefficient (Wildman–Crippen LogP) is 3.51. The minimum atomic E-state index is -0.459. The molecule has 1 heterocycles. The molecule has 0 atom stereocenters. The standard InChI is InChI=1S/C15H18FNO2/c1-15(2,3)19-14(18)7-9-17-8-6-11-10-12(16)4-5-13(11)17/h4-6,8,10H,7,9H2,1-3H3. The third-order valence-electron chi connectivity index (χ3n) is 2.71. The molecule has 0 unspecified atom stereocenters. The van der Waals surface area contributed by atoms with E-state index >= 15 is 0 Å². The molecular weight excluding hydrogens is 245 g/mol. The molecule has 1 aromatic carbocycles. The summed E-state index contributed by atoms with van der Waals surface area (Å²) in [4.78, 5) is 11.6. The molecule has 2 rings (SSSR count). The molecule has 0 fully saturated rings. The van der Waals surface area contributed by atoms with Gasteiger partial charge < -0.3 is 9.30 Å². The summed E-state index contributed by atoms with van der Waals surface area (Å²) in [6, 6.07) is 6.47. The summed E-state index contributed by atoms with van der Waals surface area (Å²) >= 11 is 0. The highest BCUT2D eigenvalue weighted by atomic mass is 19.1. The van der Waals surface area contributed by atoms with Crippen LogP contribution in [0.25, 0.3) is 10.9 Å². The van der Waals surface area contributed by atoms with E-state index in [0.29, 0.717) is 13.0 Å². The van der Waals surface area contributed by atoms with Crippen LogP contribution in [-0.4, -0.2) is 16.1 Å². The van der Waals surface area contributed by atoms with E-state index in [9.17, 15) is 9.18 Å². The molecule has 19 heavy (non-hydrogen) atoms. The first kappa shape index (κ1) is 13.6. The first-order chi connectivity index (χ1) is 8.85. The van der Waals surface area contributed by atoms with Crippen molar-refractivity contribution < 1.29 is 13.9 Å². The number of fused-ring (bicyclic) bond motifs is 1. The zero-order valence-corrected chi connectivity index (χ0v) is 11.4. The van der Waals surface area contributed by atoms with Crippen molar-refractivity contribution in [1.29, 1.82) is 0 Å². The van der Waals surface area contributed by atoms with Gasteiger partial charge in [0.05, 0.1) is 6.42 Å². The minimum Gasteiger partial charge on any atom is -0.460 e. The van der Waals surface area contributed by atoms with E-state index in [2.05, 4.69) is 0 Å². The van der Waals surface area contributed by atoms with Crippen LogP contribution in [0, 0.1) is 5.82 Å². The van der Waals surface area contributed by atoms with Crippen molar-refractivity contribution in [2.24, 2.45) is 0 Å². The second-order valence-electron chi connectivity index (χ2n) is 5.55. The molecule has 0 amide bonds. The highest BCUT2D eigenvalue weighted by molar-refractivity contribution is 5.80. The third-order valence-corrected chi connectivity index (χ3v) is 2.71. The van der Waals surface area contributed by atoms with Gasteiger partial charge in [0.25, 0.3) is 0 Å². The van der Waals surface area contributed by atoms with Crippen LogP contribution < -0.4 is 0 Å². The maximum absolute atomic E-state index is 13.1. The number of aromatic nitrogens is 1. The third kappa shape index (κ3) is 3.56. The molecule has 0 bridgehead atoms. The highest BCUT2D eigenvalue weighted by Gasteiger charge is 2.16. The van der Waals surface area contributed by atoms with Crippen molar-refractivity contribution in [1.82, 2.24) is 4.57 Å². The van der Waals surface area contributed by atoms with Crippen LogP contribution in [0.1, 0.15) is 27.2 Å². The molecular formula is C15H18FNO2. The Morgan fingerprint density at radius 2 is 2.05 bits per heavy atom. The molecule has 0 radical (unpaired) electrons. The average Bonchev–Trinajstić information content (AvgIpc) is 2.66. The number of halogens is 1. The summed E-state index contributed by atoms with van der Waals surface area (Å²) in [7, 11) is 0. The Hall–Kier alpha value is -1.84. The van der Waals surface area contributed by atoms with Crippen LogP contribution >= 0.6 is 0 Å². The lowest BCUT2D eigenvalue weighted by Gasteiger charge is -2.19. The Balaban J connectivity index is 2.04. The van der Waals surface area contributed by atoms with Gasteiger partial charge in [-0.3, -0.25) is 4.79 Å². The Morgan fingerprint density at radius 1 is 1.32 bits per heavy atom. The number of benzene rings is 1. The largest absolute Gasteiger partial charge is 0.460 e. The molecule has 0 aliphatic carbocycles. The van der Waals surface area contributed by atoms with Gasteiger partial charge in [-0.25, -0.2) is 4.39 Å². The quantitative estimate of drug-likeness (QED) is 0.793. The molecule has 3 nitrogen and oxygen atoms in total. The number of ether oxygens (including phenoxy) is 1. The normalized spacial score (nSPS) is 11.8. The molecule has 0 aliphatic heterocycles. The maximum Gasteiger partial charge on any atom is 0.308 e. The van der Waals surface area contributed by atoms with Crippen LogP contribution in [0.3, 0.4) is 0 Å². The number of esters is 1. The highest BCUT2D eigenvalue weighted by Crippen LogP contribution is 2.18. The van der Waals surface area contributed by atoms with Crippen molar-refractivity contribution >= 4 is 16.9 Å². The predicted molar refractivity (Wildman–Crippen MR) is 72.4 cm³/mol. The van der Waals surface area contributed by atoms with E-state index in [1.807, 2.05) is 37.6 Å². The van der Waals surface area contributed by atoms with Crippen molar-refractivity contribution in [2.45, 2.75) is 39.3 Å². The first-order valence-electron chi connectivity index (χ1n) is 6.31. The molecule has 2 aromatic rings. The molecule has 4 heteroatoms. The van der Waals surface area contributed by atoms with E-state index < -0.39 is 5.60 Å². The van der Waals surface area contributed by atoms with Gasteiger partial charge in [-0.1, -0.05) is 0 Å². The van der Waals surface area contributed by atoms with Crippen molar-refractivity contribution in [3.8, 4) is 0 Å². The van der Waals surface area contributed by atoms with Gasteiger partial charge in [-0.2, -0.15) is 0 Å². The maximum atomic E-state index is 13.1. The molecule has 0 saturated heterocycles. The lowest BCUT2D eigenvalue weighted by molar-refractivity contribution is -0.155. The number of nitrogens with zero attached hydrogens (tertiary/aromatic N) is 1. The van der Waals surface area contributed by atoms with Crippen LogP contribution in [-0.2, 0) is 16.1 Å². The summed E-state index contributed by atoms with van der Waals surface area (Å²) in [6.45, 7) is 6.07. The van der Waals surface area contributed by atoms with Crippen molar-refractivity contribution in [3.05, 3.63) is 36.3 Å². The number of aryl methyl sites for hydroxylation is 1. The Kier molecular flexibility index (Phi) is 3.60. The van der Waals surface area contributed by atoms with Crippen LogP contribution in [0.15, 0.2) is 30.5 Å². The molecule has 0 spiro atoms. The Morgan fingerprint density at radius 3 is 2.74 bits per heavy atom. The van der Waals surface area contributed by atoms with Crippen LogP contribution in [0.2, 0.25) is 0 Å². The monoisotopic (exact) mass is 263 g/mol. The van der Waals surface area contributed by atoms with Gasteiger partial charge in [0.15, 0.2) is 0 Å². The van der Waals surface area contributed by atoms with Crippen LogP contribution in [0.5, 0.6) is 0 Å². The number of carbonyl (C=O) groups excluding carboxylic acids is 1. The zero-order valence-electron chi connectivity index (χ0n) is 11.4. The van der Waals surface area contributed by atoms with Crippen molar-refractivity contribution in [2.75, 3.05) is 0 Å². The molecule has 0 N–H and O–H groups in total. The van der Waals surface area contributed by atoms with E-state index in [-0.39, 0.29) is 11.8 Å². The van der Waals surface area contributed by atoms with Gasteiger partial charge in [0.2, 0.25) is 0 Å². The second kappa shape index (κ2) is 5.03. The Bertz CT molecular complexity index is 596. The summed E-state index contributed by atoms with van der Waals surface area (Å²) in [5.74, 6) is -0.478. The molecule has 0 saturated carbocycles. The summed E-state index contributed by atoms with van der Waals surface area (Å²) in [6.07, 6.45) is 2.16. The van der Waals surface area contributed by atoms with Gasteiger partial charge in [-0.15, -0.1) is 0 Å². The van der Waals surface area contributed by atoms with E-state index in [0.717, 1.165) is 10.9 Å². The molecule has 102 valence electrons. The number of hydrogen-bond donors (Lipinski definition) is 0. The fourth-order valence-electron chi connectivity index (χ4n) is 1.97. The SMILES string of the molecule is CC(C)(C)OC(=O)CCn1ccc2cc(F)ccc21. The zero-order chi connectivity index (χ0) is 14.0. The topological polar surface area (TPSA) is 31.2 Å². The second-order valence-corrected chi connectivity index (χ2v) is 5.55. The molecule has 1 aromatic heterocycles. The van der Waals surface area contributed by atoms with E-state index in [1.165, 1.54) is 12.1 Å². The van der Waals surface area contributed by atoms with Gasteiger partial charge in [-0.05, 0) is 45.0 Å². The van der Waals surface area contributed by atoms with Gasteiger partial charge in [0.1, 0.15) is 11.4 Å². The van der Waals surface area contributed by atoms with Gasteiger partial charge >= 0.3 is 5.97 Å². The van der Waals surface area contributed by atoms with Gasteiger partial charge in [0, 0.05) is 23.6 Å². The smallest absolute Gasteiger partial charge is 0.308 e. The first-order valence-corrected chi connectivity index (χ1v) is 6.31. The minimum absolute atomic E-state index is 0.225. The van der Waals surface area contributed by atoms with Crippen molar-refractivity contribution in [3.63, 3.8) is 0 Å². The summed E-state index contributed by atoms with van der Waals surface area (Å²) < 4.78 is 20.2. The fraction of sp³-hybridized carbons (Fsp3) is 0.400. The number of rotatable bonds is 3. The molecule has 0 aliphatic rings. The Labute approximate surface area is 112 Å². The number of hydrogen-bond acceptors (Lipinski definition) is 2. The summed E-state index contributed by atoms with van der Waals surface area (Å²) in [5.41, 5.74) is 0.462. The lowest BCUT2D eigenvalue weighted by atomic mass is 10.2. The van der Waals surface area contributed by atoms with E-state index in [1.54, 1.807) is 6.07 Å². The number of carbonyl (C=O) groups is 1. The van der Waals surface area contributed by atoms with Crippen LogP contribution in [0.4, 0.5) is 4.39 Å². The van der Waals surface area contributed by atoms with E-state index in [4.69, 9.17) is 4.74 Å². The average molecular weight is 263 g/mol. The summed E-state index contributed by atoms with van der Waals surface area (Å²) in [5, 5.41) is 0.837.